The average Bonchev–Trinajstić information content (AvgIpc) is 3.46. The van der Waals surface area contributed by atoms with Gasteiger partial charge < -0.3 is 25.3 Å². The van der Waals surface area contributed by atoms with Gasteiger partial charge in [-0.05, 0) is 75.7 Å². The minimum atomic E-state index is -4.56. The molecular weight excluding hydrogens is 571 g/mol. The number of anilines is 5. The third-order valence-corrected chi connectivity index (χ3v) is 8.09. The van der Waals surface area contributed by atoms with Gasteiger partial charge >= 0.3 is 6.18 Å². The highest BCUT2D eigenvalue weighted by Gasteiger charge is 2.32. The molecule has 0 spiro atoms. The van der Waals surface area contributed by atoms with E-state index in [2.05, 4.69) is 35.4 Å². The van der Waals surface area contributed by atoms with Crippen LogP contribution in [-0.2, 0) is 6.18 Å². The van der Waals surface area contributed by atoms with Crippen LogP contribution in [0.5, 0.6) is 0 Å². The van der Waals surface area contributed by atoms with Crippen molar-refractivity contribution >= 4 is 45.8 Å². The number of rotatable bonds is 6. The van der Waals surface area contributed by atoms with Gasteiger partial charge in [0.05, 0.1) is 11.8 Å². The molecule has 0 unspecified atom stereocenters. The monoisotopic (exact) mass is 605 g/mol. The molecule has 2 aromatic heterocycles. The smallest absolute Gasteiger partial charge is 0.370 e. The molecule has 10 nitrogen and oxygen atoms in total. The van der Waals surface area contributed by atoms with Crippen molar-refractivity contribution < 1.29 is 18.0 Å². The molecule has 13 heteroatoms. The number of aromatic nitrogens is 4. The second-order valence-electron chi connectivity index (χ2n) is 11.3. The fourth-order valence-electron chi connectivity index (χ4n) is 5.57. The lowest BCUT2D eigenvalue weighted by molar-refractivity contribution is -0.137. The Morgan fingerprint density at radius 1 is 0.886 bits per heavy atom. The third kappa shape index (κ3) is 6.52. The molecule has 6 rings (SSSR count). The van der Waals surface area contributed by atoms with E-state index in [1.807, 2.05) is 18.9 Å². The van der Waals surface area contributed by atoms with Crippen LogP contribution < -0.4 is 20.4 Å². The van der Waals surface area contributed by atoms with Gasteiger partial charge in [-0.15, -0.1) is 0 Å². The number of halogens is 3. The topological polar surface area (TPSA) is 102 Å². The van der Waals surface area contributed by atoms with Gasteiger partial charge in [-0.2, -0.15) is 13.2 Å². The van der Waals surface area contributed by atoms with Gasteiger partial charge in [-0.3, -0.25) is 4.79 Å². The molecule has 2 fully saturated rings. The highest BCUT2D eigenvalue weighted by Crippen LogP contribution is 2.35. The average molecular weight is 606 g/mol. The van der Waals surface area contributed by atoms with Gasteiger partial charge in [0.25, 0.3) is 5.91 Å². The molecule has 2 aliphatic rings. The third-order valence-electron chi connectivity index (χ3n) is 8.09. The molecule has 2 N–H and O–H groups in total. The minimum Gasteiger partial charge on any atom is -0.370 e. The zero-order chi connectivity index (χ0) is 30.8. The molecule has 0 atom stereocenters. The van der Waals surface area contributed by atoms with Crippen molar-refractivity contribution in [2.75, 3.05) is 66.7 Å². The Kier molecular flexibility index (Phi) is 8.21. The highest BCUT2D eigenvalue weighted by atomic mass is 19.4. The number of hydrogen-bond acceptors (Lipinski definition) is 9. The van der Waals surface area contributed by atoms with Crippen LogP contribution in [0.1, 0.15) is 40.7 Å². The Hall–Kier alpha value is -4.52. The molecule has 2 aliphatic heterocycles. The molecule has 1 amide bonds. The number of amides is 1. The van der Waals surface area contributed by atoms with E-state index in [0.717, 1.165) is 63.1 Å². The second kappa shape index (κ2) is 12.2. The number of hydrogen-bond donors (Lipinski definition) is 2. The van der Waals surface area contributed by atoms with Crippen molar-refractivity contribution in [1.29, 1.82) is 0 Å². The number of fused-ring (bicyclic) bond motifs is 1. The van der Waals surface area contributed by atoms with Gasteiger partial charge in [0.1, 0.15) is 17.4 Å². The molecule has 0 radical (unpaired) electrons. The summed E-state index contributed by atoms with van der Waals surface area (Å²) in [6.45, 7) is 6.51. The van der Waals surface area contributed by atoms with E-state index in [1.54, 1.807) is 30.5 Å². The predicted octanol–water partition coefficient (Wildman–Crippen LogP) is 5.49. The number of nitrogens with zero attached hydrogens (tertiary/aromatic N) is 7. The lowest BCUT2D eigenvalue weighted by Gasteiger charge is -2.25. The quantitative estimate of drug-likeness (QED) is 0.296. The molecular formula is C31H34F3N9O. The van der Waals surface area contributed by atoms with Crippen molar-refractivity contribution in [2.45, 2.75) is 32.4 Å². The Morgan fingerprint density at radius 3 is 2.48 bits per heavy atom. The van der Waals surface area contributed by atoms with Gasteiger partial charge in [-0.1, -0.05) is 6.07 Å². The number of alkyl halides is 3. The molecule has 44 heavy (non-hydrogen) atoms. The fraction of sp³-hybridized carbons (Fsp3) is 0.387. The van der Waals surface area contributed by atoms with Gasteiger partial charge in [0, 0.05) is 55.3 Å². The SMILES string of the molecule is Cc1ccc(C(=O)Nc2cc(N3CCCN(C)CC3)cc(C(F)(F)F)c2)cc1Nc1ncnc2cnc(N3CCCC3)nc12. The van der Waals surface area contributed by atoms with Crippen LogP contribution in [0.15, 0.2) is 48.9 Å². The summed E-state index contributed by atoms with van der Waals surface area (Å²) >= 11 is 0. The van der Waals surface area contributed by atoms with Gasteiger partial charge in [0.15, 0.2) is 5.82 Å². The summed E-state index contributed by atoms with van der Waals surface area (Å²) < 4.78 is 41.6. The van der Waals surface area contributed by atoms with Crippen LogP contribution in [0.25, 0.3) is 11.0 Å². The van der Waals surface area contributed by atoms with Crippen molar-refractivity contribution in [3.8, 4) is 0 Å². The maximum absolute atomic E-state index is 13.9. The van der Waals surface area contributed by atoms with Crippen LogP contribution in [0.4, 0.5) is 42.0 Å². The first kappa shape index (κ1) is 29.5. The van der Waals surface area contributed by atoms with Crippen molar-refractivity contribution in [1.82, 2.24) is 24.8 Å². The predicted molar refractivity (Wildman–Crippen MR) is 165 cm³/mol. The molecule has 2 saturated heterocycles. The Bertz CT molecular complexity index is 1670. The first-order chi connectivity index (χ1) is 21.1. The first-order valence-electron chi connectivity index (χ1n) is 14.7. The molecule has 4 aromatic rings. The maximum atomic E-state index is 13.9. The molecule has 4 heterocycles. The lowest BCUT2D eigenvalue weighted by Crippen LogP contribution is -2.29. The largest absolute Gasteiger partial charge is 0.416 e. The molecule has 0 bridgehead atoms. The zero-order valence-corrected chi connectivity index (χ0v) is 24.7. The number of likely N-dealkylation sites (N-methyl/N-ethyl adjacent to an activating group) is 1. The standard InChI is InChI=1S/C31H34F3N9O/c1-20-6-7-21(14-25(20)39-28-27-26(36-19-37-28)18-35-30(40-27)43-9-3-4-10-43)29(44)38-23-15-22(31(32,33)34)16-24(17-23)42-11-5-8-41(2)12-13-42/h6-7,14-19H,3-5,8-13H2,1-2H3,(H,38,44)(H,36,37,39). The van der Waals surface area contributed by atoms with Crippen molar-refractivity contribution in [3.63, 3.8) is 0 Å². The van der Waals surface area contributed by atoms with E-state index < -0.39 is 17.6 Å². The normalized spacial score (nSPS) is 16.3. The summed E-state index contributed by atoms with van der Waals surface area (Å²) in [5.41, 5.74) is 2.57. The van der Waals surface area contributed by atoms with Crippen LogP contribution >= 0.6 is 0 Å². The summed E-state index contributed by atoms with van der Waals surface area (Å²) in [5.74, 6) is 0.551. The number of aryl methyl sites for hydroxylation is 1. The van der Waals surface area contributed by atoms with E-state index in [-0.39, 0.29) is 11.3 Å². The van der Waals surface area contributed by atoms with E-state index >= 15 is 0 Å². The molecule has 0 saturated carbocycles. The summed E-state index contributed by atoms with van der Waals surface area (Å²) in [5, 5.41) is 5.98. The summed E-state index contributed by atoms with van der Waals surface area (Å²) in [4.78, 5) is 37.5. The minimum absolute atomic E-state index is 0.0837. The number of nitrogens with one attached hydrogen (secondary N) is 2. The summed E-state index contributed by atoms with van der Waals surface area (Å²) in [6.07, 6.45) is 1.54. The van der Waals surface area contributed by atoms with E-state index in [9.17, 15) is 18.0 Å². The molecule has 2 aromatic carbocycles. The fourth-order valence-corrected chi connectivity index (χ4v) is 5.57. The van der Waals surface area contributed by atoms with Crippen LogP contribution in [0.3, 0.4) is 0 Å². The second-order valence-corrected chi connectivity index (χ2v) is 11.3. The number of carbonyl (C=O) groups excluding carboxylic acids is 1. The summed E-state index contributed by atoms with van der Waals surface area (Å²) in [7, 11) is 2.00. The van der Waals surface area contributed by atoms with Gasteiger partial charge in [0.2, 0.25) is 5.95 Å². The van der Waals surface area contributed by atoms with Crippen LogP contribution in [0.2, 0.25) is 0 Å². The Balaban J connectivity index is 1.26. The zero-order valence-electron chi connectivity index (χ0n) is 24.7. The van der Waals surface area contributed by atoms with E-state index in [1.165, 1.54) is 6.33 Å². The van der Waals surface area contributed by atoms with Gasteiger partial charge in [-0.25, -0.2) is 19.9 Å². The molecule has 230 valence electrons. The van der Waals surface area contributed by atoms with Crippen LogP contribution in [0, 0.1) is 6.92 Å². The lowest BCUT2D eigenvalue weighted by atomic mass is 10.1. The van der Waals surface area contributed by atoms with Crippen LogP contribution in [-0.4, -0.2) is 77.1 Å². The summed E-state index contributed by atoms with van der Waals surface area (Å²) in [6, 6.07) is 8.80. The highest BCUT2D eigenvalue weighted by molar-refractivity contribution is 6.05. The van der Waals surface area contributed by atoms with E-state index in [4.69, 9.17) is 4.98 Å². The first-order valence-corrected chi connectivity index (χ1v) is 14.7. The van der Waals surface area contributed by atoms with Crippen molar-refractivity contribution in [3.05, 3.63) is 65.6 Å². The van der Waals surface area contributed by atoms with Crippen molar-refractivity contribution in [2.24, 2.45) is 0 Å². The Morgan fingerprint density at radius 2 is 1.68 bits per heavy atom. The Labute approximate surface area is 253 Å². The number of carbonyl (C=O) groups is 1. The maximum Gasteiger partial charge on any atom is 0.416 e. The molecule has 0 aliphatic carbocycles. The van der Waals surface area contributed by atoms with E-state index in [0.29, 0.717) is 47.3 Å². The number of benzene rings is 2.